The number of fused-ring (bicyclic) bond motifs is 1. The summed E-state index contributed by atoms with van der Waals surface area (Å²) in [6.07, 6.45) is 3.62. The molecule has 4 unspecified atom stereocenters. The molecule has 0 radical (unpaired) electrons. The molecule has 2 saturated carbocycles. The van der Waals surface area contributed by atoms with Gasteiger partial charge in [-0.15, -0.1) is 0 Å². The molecule has 0 aromatic heterocycles. The maximum atomic E-state index is 11.9. The molecule has 2 aliphatic carbocycles. The van der Waals surface area contributed by atoms with Crippen LogP contribution in [0.2, 0.25) is 0 Å². The van der Waals surface area contributed by atoms with Crippen molar-refractivity contribution in [2.75, 3.05) is 0 Å². The van der Waals surface area contributed by atoms with Crippen molar-refractivity contribution in [1.82, 2.24) is 4.90 Å². The first-order valence-corrected chi connectivity index (χ1v) is 5.32. The van der Waals surface area contributed by atoms with Crippen LogP contribution in [0.3, 0.4) is 0 Å². The summed E-state index contributed by atoms with van der Waals surface area (Å²) < 4.78 is 0. The van der Waals surface area contributed by atoms with E-state index in [1.165, 1.54) is 4.90 Å². The lowest BCUT2D eigenvalue weighted by molar-refractivity contribution is -0.141. The van der Waals surface area contributed by atoms with Gasteiger partial charge in [-0.25, -0.2) is 0 Å². The van der Waals surface area contributed by atoms with Crippen molar-refractivity contribution >= 4 is 11.8 Å². The molecule has 2 amide bonds. The Morgan fingerprint density at radius 2 is 1.64 bits per heavy atom. The smallest absolute Gasteiger partial charge is 0.233 e. The summed E-state index contributed by atoms with van der Waals surface area (Å²) >= 11 is 0. The van der Waals surface area contributed by atoms with Crippen LogP contribution in [-0.2, 0) is 9.59 Å². The van der Waals surface area contributed by atoms with Crippen LogP contribution < -0.4 is 5.73 Å². The zero-order valence-electron chi connectivity index (χ0n) is 7.98. The van der Waals surface area contributed by atoms with Crippen LogP contribution >= 0.6 is 0 Å². The molecule has 0 bridgehead atoms. The van der Waals surface area contributed by atoms with Crippen LogP contribution in [-0.4, -0.2) is 28.8 Å². The minimum atomic E-state index is -0.00435. The maximum absolute atomic E-state index is 11.9. The van der Waals surface area contributed by atoms with Crippen molar-refractivity contribution < 1.29 is 9.59 Å². The lowest BCUT2D eigenvalue weighted by Gasteiger charge is -2.14. The number of amides is 2. The molecule has 76 valence electrons. The van der Waals surface area contributed by atoms with E-state index < -0.39 is 0 Å². The van der Waals surface area contributed by atoms with Crippen molar-refractivity contribution in [1.29, 1.82) is 0 Å². The lowest BCUT2D eigenvalue weighted by atomic mass is 10.00. The van der Waals surface area contributed by atoms with E-state index in [1.807, 2.05) is 0 Å². The third-order valence-electron chi connectivity index (χ3n) is 3.76. The van der Waals surface area contributed by atoms with Gasteiger partial charge in [-0.3, -0.25) is 14.5 Å². The van der Waals surface area contributed by atoms with Gasteiger partial charge in [-0.05, 0) is 19.3 Å². The first-order chi connectivity index (χ1) is 6.70. The van der Waals surface area contributed by atoms with Crippen LogP contribution in [0, 0.1) is 11.8 Å². The molecule has 0 spiro atoms. The second kappa shape index (κ2) is 2.57. The number of nitrogens with zero attached hydrogens (tertiary/aromatic N) is 1. The topological polar surface area (TPSA) is 63.4 Å². The average Bonchev–Trinajstić information content (AvgIpc) is 2.67. The van der Waals surface area contributed by atoms with E-state index in [4.69, 9.17) is 5.73 Å². The van der Waals surface area contributed by atoms with E-state index in [0.717, 1.165) is 25.7 Å². The van der Waals surface area contributed by atoms with Crippen LogP contribution in [0.25, 0.3) is 0 Å². The van der Waals surface area contributed by atoms with Gasteiger partial charge in [0.1, 0.15) is 0 Å². The van der Waals surface area contributed by atoms with Crippen molar-refractivity contribution in [3.8, 4) is 0 Å². The van der Waals surface area contributed by atoms with Crippen molar-refractivity contribution in [3.05, 3.63) is 0 Å². The number of likely N-dealkylation sites (tertiary alicyclic amines) is 1. The molecular formula is C10H14N2O2. The van der Waals surface area contributed by atoms with E-state index >= 15 is 0 Å². The largest absolute Gasteiger partial charge is 0.326 e. The Morgan fingerprint density at radius 1 is 1.14 bits per heavy atom. The number of nitrogens with two attached hydrogens (primary N) is 1. The highest BCUT2D eigenvalue weighted by atomic mass is 16.2. The molecule has 2 N–H and O–H groups in total. The van der Waals surface area contributed by atoms with Gasteiger partial charge in [0, 0.05) is 6.04 Å². The second-order valence-electron chi connectivity index (χ2n) is 4.66. The van der Waals surface area contributed by atoms with Crippen molar-refractivity contribution in [3.63, 3.8) is 0 Å². The van der Waals surface area contributed by atoms with E-state index in [9.17, 15) is 9.59 Å². The van der Waals surface area contributed by atoms with Crippen LogP contribution in [0.4, 0.5) is 0 Å². The fourth-order valence-electron chi connectivity index (χ4n) is 2.84. The molecular weight excluding hydrogens is 180 g/mol. The number of carbonyl (C=O) groups excluding carboxylic acids is 2. The summed E-state index contributed by atoms with van der Waals surface area (Å²) in [6, 6.07) is 0.0716. The molecule has 4 atom stereocenters. The van der Waals surface area contributed by atoms with Gasteiger partial charge in [-0.1, -0.05) is 6.42 Å². The Bertz CT molecular complexity index is 293. The Morgan fingerprint density at radius 3 is 2.07 bits per heavy atom. The first kappa shape index (κ1) is 8.41. The highest BCUT2D eigenvalue weighted by Crippen LogP contribution is 2.43. The van der Waals surface area contributed by atoms with Gasteiger partial charge in [-0.2, -0.15) is 0 Å². The highest BCUT2D eigenvalue weighted by molar-refractivity contribution is 6.06. The normalized spacial score (nSPS) is 45.9. The standard InChI is InChI=1S/C10H14N2O2/c11-7-4-8(7)12-9(13)5-2-1-3-6(5)10(12)14/h5-8H,1-4,11H2. The number of hydrogen-bond donors (Lipinski definition) is 1. The lowest BCUT2D eigenvalue weighted by Crippen LogP contribution is -2.36. The van der Waals surface area contributed by atoms with Crippen LogP contribution in [0.1, 0.15) is 25.7 Å². The molecule has 1 aliphatic heterocycles. The second-order valence-corrected chi connectivity index (χ2v) is 4.66. The predicted octanol–water partition coefficient (Wildman–Crippen LogP) is -0.129. The molecule has 1 heterocycles. The first-order valence-electron chi connectivity index (χ1n) is 5.32. The van der Waals surface area contributed by atoms with Crippen LogP contribution in [0.15, 0.2) is 0 Å². The monoisotopic (exact) mass is 194 g/mol. The number of hydrogen-bond acceptors (Lipinski definition) is 3. The summed E-state index contributed by atoms with van der Waals surface area (Å²) in [7, 11) is 0. The van der Waals surface area contributed by atoms with Gasteiger partial charge < -0.3 is 5.73 Å². The van der Waals surface area contributed by atoms with Crippen molar-refractivity contribution in [2.45, 2.75) is 37.8 Å². The molecule has 3 aliphatic rings. The zero-order chi connectivity index (χ0) is 9.87. The molecule has 1 saturated heterocycles. The molecule has 0 aromatic rings. The van der Waals surface area contributed by atoms with E-state index in [1.54, 1.807) is 0 Å². The van der Waals surface area contributed by atoms with Crippen LogP contribution in [0.5, 0.6) is 0 Å². The fourth-order valence-corrected chi connectivity index (χ4v) is 2.84. The molecule has 4 nitrogen and oxygen atoms in total. The summed E-state index contributed by atoms with van der Waals surface area (Å²) in [5.74, 6) is 0.0940. The third kappa shape index (κ3) is 0.919. The molecule has 0 aromatic carbocycles. The highest BCUT2D eigenvalue weighted by Gasteiger charge is 2.56. The number of carbonyl (C=O) groups is 2. The molecule has 4 heteroatoms. The van der Waals surface area contributed by atoms with E-state index in [0.29, 0.717) is 0 Å². The SMILES string of the molecule is NC1CC1N1C(=O)C2CCCC2C1=O. The summed E-state index contributed by atoms with van der Waals surface area (Å²) in [5.41, 5.74) is 5.67. The van der Waals surface area contributed by atoms with E-state index in [2.05, 4.69) is 0 Å². The molecule has 3 rings (SSSR count). The predicted molar refractivity (Wildman–Crippen MR) is 49.1 cm³/mol. The quantitative estimate of drug-likeness (QED) is 0.591. The van der Waals surface area contributed by atoms with Gasteiger partial charge in [0.15, 0.2) is 0 Å². The summed E-state index contributed by atoms with van der Waals surface area (Å²) in [5, 5.41) is 0. The number of imide groups is 1. The van der Waals surface area contributed by atoms with Gasteiger partial charge in [0.05, 0.1) is 17.9 Å². The Balaban J connectivity index is 1.87. The van der Waals surface area contributed by atoms with Gasteiger partial charge in [0.25, 0.3) is 0 Å². The minimum absolute atomic E-state index is 0.00435. The van der Waals surface area contributed by atoms with Gasteiger partial charge in [0.2, 0.25) is 11.8 Å². The Hall–Kier alpha value is -0.900. The number of rotatable bonds is 1. The van der Waals surface area contributed by atoms with Gasteiger partial charge >= 0.3 is 0 Å². The fraction of sp³-hybridized carbons (Fsp3) is 0.800. The van der Waals surface area contributed by atoms with Crippen molar-refractivity contribution in [2.24, 2.45) is 17.6 Å². The summed E-state index contributed by atoms with van der Waals surface area (Å²) in [6.45, 7) is 0. The average molecular weight is 194 g/mol. The van der Waals surface area contributed by atoms with E-state index in [-0.39, 0.29) is 35.7 Å². The third-order valence-corrected chi connectivity index (χ3v) is 3.76. The molecule has 3 fully saturated rings. The molecule has 14 heavy (non-hydrogen) atoms. The maximum Gasteiger partial charge on any atom is 0.233 e. The Labute approximate surface area is 82.4 Å². The minimum Gasteiger partial charge on any atom is -0.326 e. The Kier molecular flexibility index (Phi) is 1.54. The summed E-state index contributed by atoms with van der Waals surface area (Å²) in [4.78, 5) is 25.2. The zero-order valence-corrected chi connectivity index (χ0v) is 7.98.